The third-order valence-corrected chi connectivity index (χ3v) is 6.24. The highest BCUT2D eigenvalue weighted by molar-refractivity contribution is 7.89. The smallest absolute Gasteiger partial charge is 0.273 e. The van der Waals surface area contributed by atoms with Gasteiger partial charge in [-0.15, -0.1) is 0 Å². The first-order valence-corrected chi connectivity index (χ1v) is 10.2. The molecule has 11 heteroatoms. The van der Waals surface area contributed by atoms with Crippen molar-refractivity contribution < 1.29 is 22.8 Å². The van der Waals surface area contributed by atoms with Gasteiger partial charge in [0.25, 0.3) is 11.8 Å². The molecule has 0 saturated heterocycles. The monoisotopic (exact) mass is 409 g/mol. The molecule has 2 N–H and O–H groups in total. The fourth-order valence-electron chi connectivity index (χ4n) is 2.60. The van der Waals surface area contributed by atoms with Crippen LogP contribution in [0.2, 0.25) is 0 Å². The van der Waals surface area contributed by atoms with Crippen molar-refractivity contribution in [3.05, 3.63) is 29.8 Å². The molecule has 1 aliphatic heterocycles. The van der Waals surface area contributed by atoms with Crippen LogP contribution in [0.4, 0.5) is 0 Å². The van der Waals surface area contributed by atoms with Gasteiger partial charge in [0, 0.05) is 38.5 Å². The average Bonchev–Trinajstić information content (AvgIpc) is 2.68. The summed E-state index contributed by atoms with van der Waals surface area (Å²) in [4.78, 5) is 35.8. The molecule has 1 aromatic rings. The first kappa shape index (κ1) is 21.5. The van der Waals surface area contributed by atoms with Crippen LogP contribution in [0.15, 0.2) is 34.3 Å². The zero-order valence-corrected chi connectivity index (χ0v) is 16.7. The number of rotatable bonds is 6. The van der Waals surface area contributed by atoms with Gasteiger partial charge < -0.3 is 0 Å². The molecule has 28 heavy (non-hydrogen) atoms. The summed E-state index contributed by atoms with van der Waals surface area (Å²) < 4.78 is 26.4. The Morgan fingerprint density at radius 1 is 1.14 bits per heavy atom. The lowest BCUT2D eigenvalue weighted by Crippen LogP contribution is -2.46. The van der Waals surface area contributed by atoms with Crippen LogP contribution in [0.25, 0.3) is 0 Å². The molecule has 1 aromatic carbocycles. The maximum absolute atomic E-state index is 12.6. The normalized spacial score (nSPS) is 14.6. The second kappa shape index (κ2) is 8.93. The second-order valence-corrected chi connectivity index (χ2v) is 7.93. The van der Waals surface area contributed by atoms with E-state index in [1.165, 1.54) is 35.6 Å². The summed E-state index contributed by atoms with van der Waals surface area (Å²) in [6.07, 6.45) is 0.324. The lowest BCUT2D eigenvalue weighted by Gasteiger charge is -2.19. The van der Waals surface area contributed by atoms with Gasteiger partial charge in [-0.2, -0.15) is 9.41 Å². The SMILES string of the molecule is CCN(CC)S(=O)(=O)c1cccc(C(=O)NNC(=O)C2=NN(C)C(=O)CC2)c1. The topological polar surface area (TPSA) is 128 Å². The molecule has 0 atom stereocenters. The number of hydrogen-bond donors (Lipinski definition) is 2. The van der Waals surface area contributed by atoms with E-state index >= 15 is 0 Å². The van der Waals surface area contributed by atoms with Crippen molar-refractivity contribution in [2.45, 2.75) is 31.6 Å². The highest BCUT2D eigenvalue weighted by Crippen LogP contribution is 2.17. The van der Waals surface area contributed by atoms with E-state index in [0.29, 0.717) is 13.1 Å². The van der Waals surface area contributed by atoms with E-state index in [1.807, 2.05) is 0 Å². The molecule has 0 bridgehead atoms. The summed E-state index contributed by atoms with van der Waals surface area (Å²) in [7, 11) is -2.27. The van der Waals surface area contributed by atoms with Crippen molar-refractivity contribution in [3.8, 4) is 0 Å². The zero-order valence-electron chi connectivity index (χ0n) is 15.9. The Kier molecular flexibility index (Phi) is 6.86. The van der Waals surface area contributed by atoms with Crippen LogP contribution in [0.5, 0.6) is 0 Å². The number of carbonyl (C=O) groups is 3. The van der Waals surface area contributed by atoms with Gasteiger partial charge in [-0.3, -0.25) is 25.2 Å². The van der Waals surface area contributed by atoms with Gasteiger partial charge in [-0.1, -0.05) is 19.9 Å². The van der Waals surface area contributed by atoms with Crippen LogP contribution < -0.4 is 10.9 Å². The predicted molar refractivity (Wildman–Crippen MR) is 102 cm³/mol. The second-order valence-electron chi connectivity index (χ2n) is 5.99. The number of sulfonamides is 1. The minimum absolute atomic E-state index is 0.00744. The van der Waals surface area contributed by atoms with Crippen LogP contribution in [0, 0.1) is 0 Å². The van der Waals surface area contributed by atoms with Gasteiger partial charge in [0.15, 0.2) is 0 Å². The summed E-state index contributed by atoms with van der Waals surface area (Å²) in [5, 5.41) is 4.92. The Balaban J connectivity index is 2.08. The van der Waals surface area contributed by atoms with E-state index in [9.17, 15) is 22.8 Å². The third kappa shape index (κ3) is 4.73. The Hall–Kier alpha value is -2.79. The largest absolute Gasteiger partial charge is 0.285 e. The zero-order chi connectivity index (χ0) is 20.9. The maximum Gasteiger partial charge on any atom is 0.285 e. The van der Waals surface area contributed by atoms with Gasteiger partial charge in [0.05, 0.1) is 4.90 Å². The quantitative estimate of drug-likeness (QED) is 0.644. The highest BCUT2D eigenvalue weighted by Gasteiger charge is 2.24. The van der Waals surface area contributed by atoms with E-state index in [2.05, 4.69) is 16.0 Å². The minimum atomic E-state index is -3.71. The Bertz CT molecular complexity index is 908. The fourth-order valence-corrected chi connectivity index (χ4v) is 4.11. The molecule has 1 heterocycles. The number of hydrazine groups is 1. The standard InChI is InChI=1S/C17H23N5O5S/c1-4-22(5-2)28(26,27)13-8-6-7-12(11-13)16(24)18-19-17(25)14-9-10-15(23)21(3)20-14/h6-8,11H,4-5,9-10H2,1-3H3,(H,18,24)(H,19,25). The molecule has 0 saturated carbocycles. The van der Waals surface area contributed by atoms with E-state index in [0.717, 1.165) is 5.01 Å². The van der Waals surface area contributed by atoms with E-state index in [-0.39, 0.29) is 34.9 Å². The number of amides is 3. The van der Waals surface area contributed by atoms with Crippen LogP contribution in [-0.2, 0) is 19.6 Å². The van der Waals surface area contributed by atoms with Crippen molar-refractivity contribution in [1.82, 2.24) is 20.2 Å². The summed E-state index contributed by atoms with van der Waals surface area (Å²) >= 11 is 0. The molecule has 0 unspecified atom stereocenters. The van der Waals surface area contributed by atoms with E-state index in [4.69, 9.17) is 0 Å². The van der Waals surface area contributed by atoms with Crippen LogP contribution in [-0.4, -0.2) is 61.3 Å². The van der Waals surface area contributed by atoms with Crippen molar-refractivity contribution in [2.75, 3.05) is 20.1 Å². The van der Waals surface area contributed by atoms with Crippen molar-refractivity contribution in [1.29, 1.82) is 0 Å². The molecule has 0 aliphatic carbocycles. The minimum Gasteiger partial charge on any atom is -0.273 e. The van der Waals surface area contributed by atoms with Gasteiger partial charge in [-0.25, -0.2) is 13.4 Å². The fraction of sp³-hybridized carbons (Fsp3) is 0.412. The van der Waals surface area contributed by atoms with Crippen molar-refractivity contribution in [3.63, 3.8) is 0 Å². The molecule has 2 rings (SSSR count). The number of hydrogen-bond acceptors (Lipinski definition) is 6. The van der Waals surface area contributed by atoms with Gasteiger partial charge in [0.1, 0.15) is 5.71 Å². The van der Waals surface area contributed by atoms with Crippen molar-refractivity contribution in [2.24, 2.45) is 5.10 Å². The lowest BCUT2D eigenvalue weighted by molar-refractivity contribution is -0.130. The summed E-state index contributed by atoms with van der Waals surface area (Å²) in [6, 6.07) is 5.55. The number of carbonyl (C=O) groups excluding carboxylic acids is 3. The Morgan fingerprint density at radius 2 is 1.79 bits per heavy atom. The molecule has 0 fully saturated rings. The molecule has 1 aliphatic rings. The van der Waals surface area contributed by atoms with E-state index < -0.39 is 21.8 Å². The predicted octanol–water partition coefficient (Wildman–Crippen LogP) is 0.0863. The van der Waals surface area contributed by atoms with Gasteiger partial charge in [0.2, 0.25) is 15.9 Å². The summed E-state index contributed by atoms with van der Waals surface area (Å²) in [6.45, 7) is 4.08. The van der Waals surface area contributed by atoms with Crippen LogP contribution >= 0.6 is 0 Å². The maximum atomic E-state index is 12.6. The van der Waals surface area contributed by atoms with Crippen LogP contribution in [0.1, 0.15) is 37.0 Å². The molecule has 3 amide bonds. The number of nitrogens with one attached hydrogen (secondary N) is 2. The number of hydrazone groups is 1. The molecule has 0 radical (unpaired) electrons. The first-order chi connectivity index (χ1) is 13.2. The molecule has 10 nitrogen and oxygen atoms in total. The molecule has 152 valence electrons. The van der Waals surface area contributed by atoms with Gasteiger partial charge in [-0.05, 0) is 18.2 Å². The molecule has 0 aromatic heterocycles. The molecular weight excluding hydrogens is 386 g/mol. The lowest BCUT2D eigenvalue weighted by atomic mass is 10.1. The summed E-state index contributed by atoms with van der Waals surface area (Å²) in [5.74, 6) is -1.52. The van der Waals surface area contributed by atoms with Crippen LogP contribution in [0.3, 0.4) is 0 Å². The number of benzene rings is 1. The van der Waals surface area contributed by atoms with Gasteiger partial charge >= 0.3 is 0 Å². The summed E-state index contributed by atoms with van der Waals surface area (Å²) in [5.41, 5.74) is 4.64. The van der Waals surface area contributed by atoms with Crippen molar-refractivity contribution >= 4 is 33.5 Å². The highest BCUT2D eigenvalue weighted by atomic mass is 32.2. The molecular formula is C17H23N5O5S. The number of nitrogens with zero attached hydrogens (tertiary/aromatic N) is 3. The molecule has 0 spiro atoms. The Labute approximate surface area is 163 Å². The third-order valence-electron chi connectivity index (χ3n) is 4.20. The van der Waals surface area contributed by atoms with E-state index in [1.54, 1.807) is 13.8 Å². The Morgan fingerprint density at radius 3 is 2.39 bits per heavy atom. The average molecular weight is 409 g/mol. The first-order valence-electron chi connectivity index (χ1n) is 8.75.